The number of allylic oxidation sites excluding steroid dienone is 3. The van der Waals surface area contributed by atoms with Crippen molar-refractivity contribution >= 4 is 5.71 Å². The van der Waals surface area contributed by atoms with Crippen molar-refractivity contribution in [3.05, 3.63) is 71.4 Å². The molecule has 9 nitrogen and oxygen atoms in total. The van der Waals surface area contributed by atoms with Gasteiger partial charge in [-0.3, -0.25) is 0 Å². The van der Waals surface area contributed by atoms with Crippen LogP contribution in [0.5, 0.6) is 11.5 Å². The highest BCUT2D eigenvalue weighted by Crippen LogP contribution is 2.60. The largest absolute Gasteiger partial charge is 0.592 e. The zero-order valence-corrected chi connectivity index (χ0v) is 29.2. The van der Waals surface area contributed by atoms with Crippen molar-refractivity contribution in [2.75, 3.05) is 32.8 Å². The van der Waals surface area contributed by atoms with Crippen LogP contribution in [0.1, 0.15) is 83.1 Å². The van der Waals surface area contributed by atoms with Crippen molar-refractivity contribution in [2.24, 2.45) is 33.9 Å². The molecule has 7 atom stereocenters. The molecule has 2 bridgehead atoms. The minimum absolute atomic E-state index is 0.00136. The van der Waals surface area contributed by atoms with Crippen LogP contribution in [0.25, 0.3) is 0 Å². The molecule has 2 aliphatic heterocycles. The third-order valence-electron chi connectivity index (χ3n) is 11.4. The predicted octanol–water partition coefficient (Wildman–Crippen LogP) is 5.09. The summed E-state index contributed by atoms with van der Waals surface area (Å²) < 4.78 is 12.2. The molecule has 1 spiro atoms. The van der Waals surface area contributed by atoms with Crippen LogP contribution in [0.15, 0.2) is 58.8 Å². The van der Waals surface area contributed by atoms with Gasteiger partial charge in [0.05, 0.1) is 24.0 Å². The van der Waals surface area contributed by atoms with Crippen molar-refractivity contribution in [3.63, 3.8) is 0 Å². The number of hydrogen-bond acceptors (Lipinski definition) is 9. The molecule has 2 fully saturated rings. The number of benzene rings is 1. The molecule has 49 heavy (non-hydrogen) atoms. The van der Waals surface area contributed by atoms with Gasteiger partial charge in [-0.05, 0) is 75.6 Å². The van der Waals surface area contributed by atoms with Crippen LogP contribution >= 0.6 is 0 Å². The number of phenolic OH excluding ortho intramolecular Hbond substituents is 1. The number of hydrogen-bond donors (Lipinski definition) is 6. The smallest absolute Gasteiger partial charge is 0.196 e. The fourth-order valence-corrected chi connectivity index (χ4v) is 8.86. The first kappa shape index (κ1) is 35.9. The van der Waals surface area contributed by atoms with Crippen molar-refractivity contribution in [1.29, 1.82) is 0 Å². The molecule has 2 heterocycles. The van der Waals surface area contributed by atoms with Gasteiger partial charge in [0, 0.05) is 31.2 Å². The van der Waals surface area contributed by atoms with E-state index in [1.54, 1.807) is 13.0 Å². The Bertz CT molecular complexity index is 1390. The summed E-state index contributed by atoms with van der Waals surface area (Å²) >= 11 is 0. The first-order chi connectivity index (χ1) is 23.8. The second-order valence-electron chi connectivity index (χ2n) is 14.9. The van der Waals surface area contributed by atoms with Crippen LogP contribution in [-0.2, 0) is 11.2 Å². The standard InChI is InChI=1S/C40H57N3O6/c1-26(45)22-42-23-33-32-21-34(43-39(32)28-14-16-40(33)15-7-8-30(40)19-28)36(47)25-48-38-18-27(11-13-35(38)46)10-12-31-20-29(24-44)37(49-31)9-5-3-2-4-6-17-41/h11,13-14,16,18,20-21,26,28,30,33,36-37,42,44-47H,2-10,12,15,17,19,22-25,41H2,1H3/t26-,28-,30+,33-,36-,37?,40+/m0/s1. The number of nitrogens with zero attached hydrogens (tertiary/aromatic N) is 1. The van der Waals surface area contributed by atoms with E-state index in [0.29, 0.717) is 37.1 Å². The van der Waals surface area contributed by atoms with Crippen molar-refractivity contribution in [3.8, 4) is 11.5 Å². The summed E-state index contributed by atoms with van der Waals surface area (Å²) in [7, 11) is 0. The molecule has 0 amide bonds. The second-order valence-corrected chi connectivity index (χ2v) is 14.9. The Hall–Kier alpha value is -2.95. The number of unbranched alkanes of at least 4 members (excludes halogenated alkanes) is 4. The monoisotopic (exact) mass is 675 g/mol. The Morgan fingerprint density at radius 2 is 2.02 bits per heavy atom. The molecule has 1 aromatic rings. The Morgan fingerprint density at radius 3 is 2.84 bits per heavy atom. The van der Waals surface area contributed by atoms with Gasteiger partial charge in [0.2, 0.25) is 0 Å². The summed E-state index contributed by atoms with van der Waals surface area (Å²) in [5, 5.41) is 45.2. The number of aromatic hydroxyl groups is 1. The first-order valence-corrected chi connectivity index (χ1v) is 18.7. The van der Waals surface area contributed by atoms with Crippen LogP contribution in [0.4, 0.5) is 0 Å². The van der Waals surface area contributed by atoms with Gasteiger partial charge in [0.1, 0.15) is 12.2 Å². The quantitative estimate of drug-likeness (QED) is 0.0675. The summed E-state index contributed by atoms with van der Waals surface area (Å²) in [6.45, 7) is 3.84. The molecule has 7 rings (SSSR count). The highest BCUT2D eigenvalue weighted by atomic mass is 16.5. The maximum absolute atomic E-state index is 11.3. The molecule has 0 aromatic heterocycles. The first-order valence-electron chi connectivity index (χ1n) is 18.7. The molecule has 0 radical (unpaired) electrons. The average Bonchev–Trinajstić information content (AvgIpc) is 3.81. The van der Waals surface area contributed by atoms with Crippen molar-refractivity contribution in [1.82, 2.24) is 5.32 Å². The maximum Gasteiger partial charge on any atom is 0.196 e. The van der Waals surface area contributed by atoms with E-state index >= 15 is 0 Å². The van der Waals surface area contributed by atoms with Crippen LogP contribution in [0, 0.1) is 35.1 Å². The number of phenols is 1. The normalized spacial score (nSPS) is 28.1. The third-order valence-corrected chi connectivity index (χ3v) is 11.4. The molecule has 2 saturated carbocycles. The van der Waals surface area contributed by atoms with Gasteiger partial charge in [0.25, 0.3) is 0 Å². The fraction of sp³-hybridized carbons (Fsp3) is 0.625. The maximum atomic E-state index is 11.3. The van der Waals surface area contributed by atoms with E-state index in [1.165, 1.54) is 24.8 Å². The number of aliphatic hydroxyl groups excluding tert-OH is 3. The number of nitrogens with two attached hydrogens (primary N) is 1. The van der Waals surface area contributed by atoms with Gasteiger partial charge in [-0.15, -0.1) is 4.99 Å². The Labute approximate surface area is 292 Å². The van der Waals surface area contributed by atoms with E-state index in [4.69, 9.17) is 20.2 Å². The van der Waals surface area contributed by atoms with E-state index in [9.17, 15) is 20.4 Å². The SMILES string of the molecule is C[C@H](O)CNC[C@H]1C2=C[C+]([C@@H](O)COc3cc(CCC4=C[C-](CO)C(CCCCCCCN)O4)ccc3O)N=C2[C@H]2C=C[C@@]13CCC[C@@H]3C2. The topological polar surface area (TPSA) is 150 Å². The second kappa shape index (κ2) is 16.4. The lowest BCUT2D eigenvalue weighted by molar-refractivity contribution is 0.119. The molecular weight excluding hydrogens is 618 g/mol. The minimum atomic E-state index is -0.942. The molecule has 6 aliphatic rings. The summed E-state index contributed by atoms with van der Waals surface area (Å²) in [6.07, 6.45) is 20.1. The number of aliphatic imine (C=N–C) groups is 1. The lowest BCUT2D eigenvalue weighted by atomic mass is 9.64. The van der Waals surface area contributed by atoms with E-state index in [2.05, 4.69) is 23.5 Å². The molecule has 4 aliphatic carbocycles. The van der Waals surface area contributed by atoms with Gasteiger partial charge in [0.15, 0.2) is 29.4 Å². The number of nitrogens with one attached hydrogen (secondary N) is 1. The zero-order valence-electron chi connectivity index (χ0n) is 29.2. The van der Waals surface area contributed by atoms with Gasteiger partial charge in [-0.25, -0.2) is 0 Å². The van der Waals surface area contributed by atoms with Crippen molar-refractivity contribution < 1.29 is 29.9 Å². The minimum Gasteiger partial charge on any atom is -0.592 e. The van der Waals surface area contributed by atoms with Crippen LogP contribution < -0.4 is 15.8 Å². The van der Waals surface area contributed by atoms with Crippen molar-refractivity contribution in [2.45, 2.75) is 102 Å². The van der Waals surface area contributed by atoms with E-state index in [0.717, 1.165) is 81.0 Å². The summed E-state index contributed by atoms with van der Waals surface area (Å²) in [5.74, 6) is 3.29. The van der Waals surface area contributed by atoms with E-state index in [1.807, 2.05) is 18.2 Å². The zero-order chi connectivity index (χ0) is 34.4. The number of ether oxygens (including phenoxy) is 2. The van der Waals surface area contributed by atoms with Gasteiger partial charge < -0.3 is 41.0 Å². The molecule has 0 saturated heterocycles. The number of aliphatic hydroxyl groups is 3. The number of aryl methyl sites for hydroxylation is 1. The van der Waals surface area contributed by atoms with Gasteiger partial charge >= 0.3 is 0 Å². The summed E-state index contributed by atoms with van der Waals surface area (Å²) in [6, 6.07) is 5.95. The molecule has 7 N–H and O–H groups in total. The average molecular weight is 676 g/mol. The van der Waals surface area contributed by atoms with Crippen LogP contribution in [-0.4, -0.2) is 77.3 Å². The highest BCUT2D eigenvalue weighted by molar-refractivity contribution is 6.07. The molecular formula is C40H57N3O6. The molecule has 1 unspecified atom stereocenters. The third kappa shape index (κ3) is 8.18. The Morgan fingerprint density at radius 1 is 1.18 bits per heavy atom. The molecule has 9 heteroatoms. The fourth-order valence-electron chi connectivity index (χ4n) is 8.86. The van der Waals surface area contributed by atoms with Gasteiger partial charge in [-0.2, -0.15) is 12.0 Å². The molecule has 268 valence electrons. The van der Waals surface area contributed by atoms with Gasteiger partial charge in [-0.1, -0.05) is 62.5 Å². The lowest BCUT2D eigenvalue weighted by Gasteiger charge is -2.39. The van der Waals surface area contributed by atoms with Crippen LogP contribution in [0.2, 0.25) is 0 Å². The highest BCUT2D eigenvalue weighted by Gasteiger charge is 2.59. The lowest BCUT2D eigenvalue weighted by Crippen LogP contribution is -2.41. The summed E-state index contributed by atoms with van der Waals surface area (Å²) in [4.78, 5) is 5.02. The predicted molar refractivity (Wildman–Crippen MR) is 192 cm³/mol. The Kier molecular flexibility index (Phi) is 12.0. The molecule has 1 aromatic carbocycles. The number of rotatable bonds is 19. The Balaban J connectivity index is 1.04. The summed E-state index contributed by atoms with van der Waals surface area (Å²) in [5.41, 5.74) is 8.96. The van der Waals surface area contributed by atoms with E-state index in [-0.39, 0.29) is 42.3 Å². The van der Waals surface area contributed by atoms with E-state index < -0.39 is 12.2 Å². The van der Waals surface area contributed by atoms with Crippen LogP contribution in [0.3, 0.4) is 0 Å².